The van der Waals surface area contributed by atoms with Crippen molar-refractivity contribution in [1.82, 2.24) is 9.55 Å². The molecule has 0 bridgehead atoms. The van der Waals surface area contributed by atoms with Gasteiger partial charge in [0.1, 0.15) is 12.8 Å². The van der Waals surface area contributed by atoms with Crippen LogP contribution in [0.25, 0.3) is 0 Å². The summed E-state index contributed by atoms with van der Waals surface area (Å²) in [5, 5.41) is 9.14. The lowest BCUT2D eigenvalue weighted by molar-refractivity contribution is 0.119. The van der Waals surface area contributed by atoms with Gasteiger partial charge in [0.05, 0.1) is 16.7 Å². The van der Waals surface area contributed by atoms with Crippen LogP contribution in [0.4, 0.5) is 4.39 Å². The second kappa shape index (κ2) is 4.85. The van der Waals surface area contributed by atoms with E-state index in [0.29, 0.717) is 15.9 Å². The van der Waals surface area contributed by atoms with Gasteiger partial charge in [-0.2, -0.15) is 4.98 Å². The molecule has 0 radical (unpaired) electrons. The summed E-state index contributed by atoms with van der Waals surface area (Å²) in [4.78, 5) is 15.2. The van der Waals surface area contributed by atoms with E-state index < -0.39 is 18.5 Å². The summed E-state index contributed by atoms with van der Waals surface area (Å²) in [5.74, 6) is 0. The van der Waals surface area contributed by atoms with Gasteiger partial charge in [-0.15, -0.1) is 0 Å². The Morgan fingerprint density at radius 3 is 2.73 bits per heavy atom. The summed E-state index contributed by atoms with van der Waals surface area (Å²) in [6.45, 7) is 2.46. The Kier molecular flexibility index (Phi) is 3.98. The second-order valence-electron chi connectivity index (χ2n) is 3.30. The maximum Gasteiger partial charge on any atom is 0.348 e. The van der Waals surface area contributed by atoms with Crippen LogP contribution in [-0.2, 0) is 6.54 Å². The number of hydrogen-bond donors (Lipinski definition) is 1. The van der Waals surface area contributed by atoms with Crippen molar-refractivity contribution in [2.45, 2.75) is 26.5 Å². The average molecular weight is 279 g/mol. The van der Waals surface area contributed by atoms with E-state index in [1.165, 1.54) is 4.57 Å². The van der Waals surface area contributed by atoms with E-state index in [4.69, 9.17) is 5.11 Å². The van der Waals surface area contributed by atoms with Crippen molar-refractivity contribution >= 4 is 15.9 Å². The maximum atomic E-state index is 12.1. The van der Waals surface area contributed by atoms with Crippen molar-refractivity contribution in [3.8, 4) is 0 Å². The molecule has 4 nitrogen and oxygen atoms in total. The highest BCUT2D eigenvalue weighted by atomic mass is 79.9. The van der Waals surface area contributed by atoms with Gasteiger partial charge in [0, 0.05) is 5.69 Å². The van der Waals surface area contributed by atoms with Crippen LogP contribution in [-0.4, -0.2) is 27.4 Å². The van der Waals surface area contributed by atoms with Crippen molar-refractivity contribution in [1.29, 1.82) is 0 Å². The Bertz CT molecular complexity index is 419. The Labute approximate surface area is 94.9 Å². The number of rotatable bonds is 3. The van der Waals surface area contributed by atoms with Gasteiger partial charge < -0.3 is 5.11 Å². The molecule has 1 rings (SSSR count). The molecule has 0 saturated carbocycles. The van der Waals surface area contributed by atoms with Crippen molar-refractivity contribution in [3.05, 3.63) is 26.3 Å². The normalized spacial score (nSPS) is 12.9. The van der Waals surface area contributed by atoms with Crippen molar-refractivity contribution in [2.24, 2.45) is 0 Å². The largest absolute Gasteiger partial charge is 0.389 e. The average Bonchev–Trinajstić information content (AvgIpc) is 2.21. The van der Waals surface area contributed by atoms with E-state index >= 15 is 0 Å². The molecule has 1 aromatic rings. The van der Waals surface area contributed by atoms with Gasteiger partial charge in [0.25, 0.3) is 0 Å². The van der Waals surface area contributed by atoms with Gasteiger partial charge in [-0.05, 0) is 29.8 Å². The Hall–Kier alpha value is -0.750. The molecule has 1 atom stereocenters. The number of aryl methyl sites for hydroxylation is 1. The highest BCUT2D eigenvalue weighted by Gasteiger charge is 2.12. The predicted octanol–water partition coefficient (Wildman–Crippen LogP) is 0.953. The predicted molar refractivity (Wildman–Crippen MR) is 57.7 cm³/mol. The minimum Gasteiger partial charge on any atom is -0.389 e. The van der Waals surface area contributed by atoms with E-state index in [2.05, 4.69) is 20.9 Å². The van der Waals surface area contributed by atoms with Gasteiger partial charge in [-0.25, -0.2) is 9.18 Å². The van der Waals surface area contributed by atoms with E-state index in [1.54, 1.807) is 13.8 Å². The van der Waals surface area contributed by atoms with E-state index in [1.807, 2.05) is 0 Å². The monoisotopic (exact) mass is 278 g/mol. The molecule has 15 heavy (non-hydrogen) atoms. The zero-order valence-corrected chi connectivity index (χ0v) is 10.1. The molecule has 0 saturated heterocycles. The molecule has 0 spiro atoms. The molecular formula is C9H12BrFN2O2. The molecule has 0 aliphatic carbocycles. The van der Waals surface area contributed by atoms with Crippen LogP contribution in [0.3, 0.4) is 0 Å². The summed E-state index contributed by atoms with van der Waals surface area (Å²) < 4.78 is 14.1. The minimum absolute atomic E-state index is 0.0763. The smallest absolute Gasteiger partial charge is 0.348 e. The molecule has 1 N–H and O–H groups in total. The van der Waals surface area contributed by atoms with Gasteiger partial charge in [-0.3, -0.25) is 4.57 Å². The number of aliphatic hydroxyl groups excluding tert-OH is 1. The van der Waals surface area contributed by atoms with Crippen LogP contribution >= 0.6 is 15.9 Å². The summed E-state index contributed by atoms with van der Waals surface area (Å²) in [6, 6.07) is 0. The van der Waals surface area contributed by atoms with Crippen LogP contribution in [0.1, 0.15) is 11.4 Å². The third-order valence-corrected chi connectivity index (χ3v) is 3.25. The van der Waals surface area contributed by atoms with Crippen LogP contribution in [0, 0.1) is 13.8 Å². The van der Waals surface area contributed by atoms with E-state index in [-0.39, 0.29) is 6.54 Å². The second-order valence-corrected chi connectivity index (χ2v) is 4.09. The highest BCUT2D eigenvalue weighted by molar-refractivity contribution is 9.10. The molecule has 0 aromatic carbocycles. The number of hydrogen-bond acceptors (Lipinski definition) is 3. The molecule has 0 fully saturated rings. The quantitative estimate of drug-likeness (QED) is 0.896. The van der Waals surface area contributed by atoms with Crippen molar-refractivity contribution in [2.75, 3.05) is 6.67 Å². The van der Waals surface area contributed by atoms with Gasteiger partial charge in [0.2, 0.25) is 0 Å². The Morgan fingerprint density at radius 1 is 1.60 bits per heavy atom. The first-order chi connectivity index (χ1) is 6.97. The lowest BCUT2D eigenvalue weighted by atomic mass is 10.3. The molecule has 0 aliphatic rings. The molecule has 6 heteroatoms. The first-order valence-electron chi connectivity index (χ1n) is 4.45. The van der Waals surface area contributed by atoms with Crippen molar-refractivity contribution in [3.63, 3.8) is 0 Å². The SMILES string of the molecule is Cc1nc(=O)n(CC(O)CF)c(C)c1Br. The Balaban J connectivity index is 3.18. The zero-order valence-electron chi connectivity index (χ0n) is 8.50. The van der Waals surface area contributed by atoms with Crippen LogP contribution in [0.2, 0.25) is 0 Å². The molecule has 0 amide bonds. The summed E-state index contributed by atoms with van der Waals surface area (Å²) in [6.07, 6.45) is -1.17. The van der Waals surface area contributed by atoms with E-state index in [0.717, 1.165) is 0 Å². The summed E-state index contributed by atoms with van der Waals surface area (Å²) in [7, 11) is 0. The molecular weight excluding hydrogens is 267 g/mol. The molecule has 0 aliphatic heterocycles. The first kappa shape index (κ1) is 12.3. The zero-order chi connectivity index (χ0) is 11.6. The topological polar surface area (TPSA) is 55.1 Å². The first-order valence-corrected chi connectivity index (χ1v) is 5.24. The van der Waals surface area contributed by atoms with Crippen LogP contribution in [0.15, 0.2) is 9.27 Å². The minimum atomic E-state index is -1.17. The van der Waals surface area contributed by atoms with Crippen LogP contribution in [0.5, 0.6) is 0 Å². The molecule has 1 heterocycles. The number of halogens is 2. The van der Waals surface area contributed by atoms with Gasteiger partial charge in [0.15, 0.2) is 0 Å². The number of aromatic nitrogens is 2. The van der Waals surface area contributed by atoms with Crippen LogP contribution < -0.4 is 5.69 Å². The fraction of sp³-hybridized carbons (Fsp3) is 0.556. The van der Waals surface area contributed by atoms with Gasteiger partial charge in [-0.1, -0.05) is 0 Å². The fourth-order valence-electron chi connectivity index (χ4n) is 1.25. The summed E-state index contributed by atoms with van der Waals surface area (Å²) in [5.41, 5.74) is 0.754. The standard InChI is InChI=1S/C9H12BrFN2O2/c1-5-8(10)6(2)13(9(15)12-5)4-7(14)3-11/h7,14H,3-4H2,1-2H3. The molecule has 1 unspecified atom stereocenters. The Morgan fingerprint density at radius 2 is 2.20 bits per heavy atom. The number of alkyl halides is 1. The lowest BCUT2D eigenvalue weighted by Crippen LogP contribution is -2.31. The number of aliphatic hydroxyl groups is 1. The molecule has 84 valence electrons. The summed E-state index contributed by atoms with van der Waals surface area (Å²) >= 11 is 3.28. The number of nitrogens with zero attached hydrogens (tertiary/aromatic N) is 2. The molecule has 1 aromatic heterocycles. The van der Waals surface area contributed by atoms with Crippen molar-refractivity contribution < 1.29 is 9.50 Å². The lowest BCUT2D eigenvalue weighted by Gasteiger charge is -2.13. The van der Waals surface area contributed by atoms with E-state index in [9.17, 15) is 9.18 Å². The third kappa shape index (κ3) is 2.63. The maximum absolute atomic E-state index is 12.1. The highest BCUT2D eigenvalue weighted by Crippen LogP contribution is 2.16. The van der Waals surface area contributed by atoms with Gasteiger partial charge >= 0.3 is 5.69 Å². The fourth-order valence-corrected chi connectivity index (χ4v) is 1.55. The third-order valence-electron chi connectivity index (χ3n) is 2.11.